The van der Waals surface area contributed by atoms with E-state index < -0.39 is 0 Å². The van der Waals surface area contributed by atoms with Crippen molar-refractivity contribution < 1.29 is 4.42 Å². The fourth-order valence-electron chi connectivity index (χ4n) is 1.56. The van der Waals surface area contributed by atoms with Crippen LogP contribution in [0.5, 0.6) is 0 Å². The summed E-state index contributed by atoms with van der Waals surface area (Å²) in [5.74, 6) is 1.03. The summed E-state index contributed by atoms with van der Waals surface area (Å²) in [6.07, 6.45) is 1.73. The predicted molar refractivity (Wildman–Crippen MR) is 70.5 cm³/mol. The highest BCUT2D eigenvalue weighted by Gasteiger charge is 2.08. The Morgan fingerprint density at radius 2 is 2.19 bits per heavy atom. The maximum absolute atomic E-state index is 5.36. The van der Waals surface area contributed by atoms with Gasteiger partial charge < -0.3 is 4.42 Å². The standard InChI is InChI=1S/C12H14BrNOS/c1-2-14(8-10-4-3-7-15-10)9-11-5-6-12(13)16-11/h3-7H,2,8-9H2,1H3. The molecule has 0 radical (unpaired) electrons. The Labute approximate surface area is 108 Å². The van der Waals surface area contributed by atoms with E-state index in [9.17, 15) is 0 Å². The van der Waals surface area contributed by atoms with Gasteiger partial charge in [0.25, 0.3) is 0 Å². The van der Waals surface area contributed by atoms with Gasteiger partial charge in [-0.2, -0.15) is 0 Å². The largest absolute Gasteiger partial charge is 0.468 e. The smallest absolute Gasteiger partial charge is 0.117 e. The molecule has 4 heteroatoms. The molecule has 2 aromatic rings. The van der Waals surface area contributed by atoms with E-state index in [1.165, 1.54) is 8.66 Å². The van der Waals surface area contributed by atoms with Crippen LogP contribution >= 0.6 is 27.3 Å². The van der Waals surface area contributed by atoms with Crippen LogP contribution in [-0.2, 0) is 13.1 Å². The quantitative estimate of drug-likeness (QED) is 0.825. The van der Waals surface area contributed by atoms with E-state index in [-0.39, 0.29) is 0 Å². The maximum atomic E-state index is 5.36. The Bertz CT molecular complexity index is 424. The molecule has 2 nitrogen and oxygen atoms in total. The SMILES string of the molecule is CCN(Cc1ccco1)Cc1ccc(Br)s1. The first-order chi connectivity index (χ1) is 7.78. The molecule has 0 aliphatic heterocycles. The summed E-state index contributed by atoms with van der Waals surface area (Å²) in [7, 11) is 0. The molecule has 0 bridgehead atoms. The van der Waals surface area contributed by atoms with Gasteiger partial charge in [-0.25, -0.2) is 0 Å². The van der Waals surface area contributed by atoms with Gasteiger partial charge >= 0.3 is 0 Å². The zero-order chi connectivity index (χ0) is 11.4. The fourth-order valence-corrected chi connectivity index (χ4v) is 3.09. The number of nitrogens with zero attached hydrogens (tertiary/aromatic N) is 1. The molecule has 2 aromatic heterocycles. The van der Waals surface area contributed by atoms with Crippen LogP contribution in [0.1, 0.15) is 17.6 Å². The Morgan fingerprint density at radius 1 is 1.31 bits per heavy atom. The lowest BCUT2D eigenvalue weighted by molar-refractivity contribution is 0.250. The van der Waals surface area contributed by atoms with Crippen molar-refractivity contribution >= 4 is 27.3 Å². The second-order valence-electron chi connectivity index (χ2n) is 3.59. The Kier molecular flexibility index (Phi) is 4.21. The first kappa shape index (κ1) is 11.9. The van der Waals surface area contributed by atoms with E-state index in [0.717, 1.165) is 25.4 Å². The van der Waals surface area contributed by atoms with E-state index in [1.807, 2.05) is 12.1 Å². The third kappa shape index (κ3) is 3.20. The Morgan fingerprint density at radius 3 is 2.75 bits per heavy atom. The minimum atomic E-state index is 0.874. The molecule has 2 heterocycles. The molecule has 0 atom stereocenters. The maximum Gasteiger partial charge on any atom is 0.117 e. The molecule has 0 unspecified atom stereocenters. The van der Waals surface area contributed by atoms with Crippen LogP contribution in [0.15, 0.2) is 38.7 Å². The molecule has 0 fully saturated rings. The van der Waals surface area contributed by atoms with Crippen molar-refractivity contribution in [3.05, 3.63) is 45.0 Å². The van der Waals surface area contributed by atoms with Crippen LogP contribution in [-0.4, -0.2) is 11.4 Å². The van der Waals surface area contributed by atoms with Crippen molar-refractivity contribution in [3.8, 4) is 0 Å². The average Bonchev–Trinajstić information content (AvgIpc) is 2.89. The number of hydrogen-bond acceptors (Lipinski definition) is 3. The van der Waals surface area contributed by atoms with Gasteiger partial charge in [-0.1, -0.05) is 6.92 Å². The zero-order valence-corrected chi connectivity index (χ0v) is 11.6. The summed E-state index contributed by atoms with van der Waals surface area (Å²) in [4.78, 5) is 3.73. The summed E-state index contributed by atoms with van der Waals surface area (Å²) in [5.41, 5.74) is 0. The zero-order valence-electron chi connectivity index (χ0n) is 9.15. The first-order valence-corrected chi connectivity index (χ1v) is 6.88. The molecule has 0 N–H and O–H groups in total. The lowest BCUT2D eigenvalue weighted by atomic mass is 10.3. The first-order valence-electron chi connectivity index (χ1n) is 5.27. The normalized spacial score (nSPS) is 11.2. The van der Waals surface area contributed by atoms with Crippen LogP contribution in [0.3, 0.4) is 0 Å². The van der Waals surface area contributed by atoms with Gasteiger partial charge in [0, 0.05) is 11.4 Å². The molecule has 86 valence electrons. The monoisotopic (exact) mass is 299 g/mol. The molecule has 0 amide bonds. The van der Waals surface area contributed by atoms with Crippen LogP contribution in [0.2, 0.25) is 0 Å². The third-order valence-electron chi connectivity index (χ3n) is 2.42. The van der Waals surface area contributed by atoms with Crippen LogP contribution in [0, 0.1) is 0 Å². The summed E-state index contributed by atoms with van der Waals surface area (Å²) < 4.78 is 6.55. The van der Waals surface area contributed by atoms with E-state index in [1.54, 1.807) is 17.6 Å². The highest BCUT2D eigenvalue weighted by atomic mass is 79.9. The van der Waals surface area contributed by atoms with Gasteiger partial charge in [0.15, 0.2) is 0 Å². The molecule has 0 aromatic carbocycles. The Balaban J connectivity index is 1.95. The van der Waals surface area contributed by atoms with Crippen molar-refractivity contribution in [1.82, 2.24) is 4.90 Å². The second kappa shape index (κ2) is 5.66. The van der Waals surface area contributed by atoms with Crippen molar-refractivity contribution in [2.75, 3.05) is 6.54 Å². The van der Waals surface area contributed by atoms with Gasteiger partial charge in [-0.05, 0) is 46.7 Å². The van der Waals surface area contributed by atoms with Gasteiger partial charge in [0.2, 0.25) is 0 Å². The molecule has 0 spiro atoms. The van der Waals surface area contributed by atoms with E-state index in [4.69, 9.17) is 4.42 Å². The van der Waals surface area contributed by atoms with Gasteiger partial charge in [-0.15, -0.1) is 11.3 Å². The highest BCUT2D eigenvalue weighted by molar-refractivity contribution is 9.11. The summed E-state index contributed by atoms with van der Waals surface area (Å²) in [5, 5.41) is 0. The average molecular weight is 300 g/mol. The number of furan rings is 1. The molecular formula is C12H14BrNOS. The van der Waals surface area contributed by atoms with E-state index in [0.29, 0.717) is 0 Å². The van der Waals surface area contributed by atoms with Gasteiger partial charge in [0.05, 0.1) is 16.6 Å². The van der Waals surface area contributed by atoms with E-state index in [2.05, 4.69) is 39.9 Å². The topological polar surface area (TPSA) is 16.4 Å². The van der Waals surface area contributed by atoms with Crippen molar-refractivity contribution in [2.45, 2.75) is 20.0 Å². The lowest BCUT2D eigenvalue weighted by Crippen LogP contribution is -2.21. The number of halogens is 1. The molecule has 0 saturated carbocycles. The van der Waals surface area contributed by atoms with Crippen molar-refractivity contribution in [2.24, 2.45) is 0 Å². The molecule has 16 heavy (non-hydrogen) atoms. The minimum Gasteiger partial charge on any atom is -0.468 e. The molecule has 0 aliphatic carbocycles. The Hall–Kier alpha value is -0.580. The lowest BCUT2D eigenvalue weighted by Gasteiger charge is -2.17. The summed E-state index contributed by atoms with van der Waals surface area (Å²) in [6.45, 7) is 5.05. The molecule has 0 saturated heterocycles. The molecule has 0 aliphatic rings. The van der Waals surface area contributed by atoms with Crippen LogP contribution in [0.25, 0.3) is 0 Å². The second-order valence-corrected chi connectivity index (χ2v) is 6.14. The van der Waals surface area contributed by atoms with E-state index >= 15 is 0 Å². The highest BCUT2D eigenvalue weighted by Crippen LogP contribution is 2.23. The molecule has 2 rings (SSSR count). The van der Waals surface area contributed by atoms with Gasteiger partial charge in [0.1, 0.15) is 5.76 Å². The van der Waals surface area contributed by atoms with Crippen LogP contribution < -0.4 is 0 Å². The number of thiophene rings is 1. The number of rotatable bonds is 5. The third-order valence-corrected chi connectivity index (χ3v) is 4.02. The predicted octanol–water partition coefficient (Wildman–Crippen LogP) is 4.13. The summed E-state index contributed by atoms with van der Waals surface area (Å²) in [6, 6.07) is 8.22. The fraction of sp³-hybridized carbons (Fsp3) is 0.333. The molecular weight excluding hydrogens is 286 g/mol. The summed E-state index contributed by atoms with van der Waals surface area (Å²) >= 11 is 5.27. The van der Waals surface area contributed by atoms with Crippen molar-refractivity contribution in [1.29, 1.82) is 0 Å². The van der Waals surface area contributed by atoms with Crippen LogP contribution in [0.4, 0.5) is 0 Å². The number of hydrogen-bond donors (Lipinski definition) is 0. The minimum absolute atomic E-state index is 0.874. The van der Waals surface area contributed by atoms with Gasteiger partial charge in [-0.3, -0.25) is 4.90 Å². The van der Waals surface area contributed by atoms with Crippen molar-refractivity contribution in [3.63, 3.8) is 0 Å².